The maximum Gasteiger partial charge on any atom is 0.257 e. The van der Waals surface area contributed by atoms with E-state index in [0.717, 1.165) is 0 Å². The molecule has 1 aromatic rings. The van der Waals surface area contributed by atoms with Crippen molar-refractivity contribution in [1.82, 2.24) is 4.90 Å². The first kappa shape index (κ1) is 19.2. The molecule has 0 aliphatic heterocycles. The van der Waals surface area contributed by atoms with Gasteiger partial charge in [0.2, 0.25) is 10.9 Å². The first-order valence-corrected chi connectivity index (χ1v) is 8.10. The standard InChI is InChI=1S/C14H22N2O6S/c1-10-8-11(15-23(19)20)9-12(13(10)17)14(18)16(4-6-21-2)5-7-22-3/h8-9,17,23H,4-7H2,1-3H3,(H,15,19,20). The number of nitrogens with one attached hydrogen (secondary N) is 1. The van der Waals surface area contributed by atoms with Crippen molar-refractivity contribution < 1.29 is 27.8 Å². The van der Waals surface area contributed by atoms with Gasteiger partial charge in [0.1, 0.15) is 5.75 Å². The number of methoxy groups -OCH3 is 2. The molecule has 23 heavy (non-hydrogen) atoms. The summed E-state index contributed by atoms with van der Waals surface area (Å²) >= 11 is 0. The van der Waals surface area contributed by atoms with E-state index in [1.807, 2.05) is 0 Å². The number of thiol groups is 1. The molecule has 0 radical (unpaired) electrons. The molecule has 0 aliphatic rings. The number of benzene rings is 1. The average molecular weight is 346 g/mol. The van der Waals surface area contributed by atoms with Gasteiger partial charge in [-0.25, -0.2) is 8.42 Å². The molecule has 0 aliphatic carbocycles. The minimum Gasteiger partial charge on any atom is -0.507 e. The van der Waals surface area contributed by atoms with Crippen molar-refractivity contribution >= 4 is 22.5 Å². The molecule has 130 valence electrons. The molecule has 1 amide bonds. The van der Waals surface area contributed by atoms with E-state index in [-0.39, 0.29) is 17.0 Å². The number of ether oxygens (including phenoxy) is 2. The number of phenolic OH excluding ortho intramolecular Hbond substituents is 1. The van der Waals surface area contributed by atoms with Crippen molar-refractivity contribution in [2.45, 2.75) is 6.92 Å². The van der Waals surface area contributed by atoms with Gasteiger partial charge in [-0.3, -0.25) is 9.52 Å². The Bertz CT molecular complexity index is 602. The molecule has 8 nitrogen and oxygen atoms in total. The van der Waals surface area contributed by atoms with Gasteiger partial charge in [-0.05, 0) is 24.6 Å². The summed E-state index contributed by atoms with van der Waals surface area (Å²) in [5.74, 6) is -0.606. The lowest BCUT2D eigenvalue weighted by Crippen LogP contribution is -2.36. The van der Waals surface area contributed by atoms with Crippen molar-refractivity contribution in [2.24, 2.45) is 0 Å². The second-order valence-electron chi connectivity index (χ2n) is 4.84. The number of aromatic hydroxyl groups is 1. The third-order valence-corrected chi connectivity index (χ3v) is 3.61. The molecule has 0 heterocycles. The Balaban J connectivity index is 3.12. The molecular weight excluding hydrogens is 324 g/mol. The average Bonchev–Trinajstić information content (AvgIpc) is 2.49. The minimum absolute atomic E-state index is 0.0246. The molecule has 0 saturated carbocycles. The van der Waals surface area contributed by atoms with Crippen molar-refractivity contribution in [1.29, 1.82) is 0 Å². The van der Waals surface area contributed by atoms with Gasteiger partial charge in [0, 0.05) is 33.0 Å². The zero-order valence-corrected chi connectivity index (χ0v) is 14.3. The van der Waals surface area contributed by atoms with Gasteiger partial charge < -0.3 is 19.5 Å². The number of hydrogen-bond donors (Lipinski definition) is 3. The second kappa shape index (κ2) is 9.33. The van der Waals surface area contributed by atoms with Gasteiger partial charge >= 0.3 is 0 Å². The normalized spacial score (nSPS) is 10.8. The Morgan fingerprint density at radius 3 is 2.26 bits per heavy atom. The molecule has 0 bridgehead atoms. The number of phenols is 1. The van der Waals surface area contributed by atoms with E-state index in [2.05, 4.69) is 4.72 Å². The minimum atomic E-state index is -2.86. The van der Waals surface area contributed by atoms with Crippen LogP contribution in [0.4, 0.5) is 5.69 Å². The first-order chi connectivity index (χ1) is 10.9. The summed E-state index contributed by atoms with van der Waals surface area (Å²) in [7, 11) is 0.186. The van der Waals surface area contributed by atoms with Crippen LogP contribution in [-0.2, 0) is 20.4 Å². The summed E-state index contributed by atoms with van der Waals surface area (Å²) in [5, 5.41) is 10.1. The zero-order valence-electron chi connectivity index (χ0n) is 13.4. The van der Waals surface area contributed by atoms with Gasteiger partial charge in [-0.2, -0.15) is 0 Å². The van der Waals surface area contributed by atoms with E-state index in [0.29, 0.717) is 31.9 Å². The Labute approximate surface area is 137 Å². The highest BCUT2D eigenvalue weighted by molar-refractivity contribution is 7.73. The van der Waals surface area contributed by atoms with E-state index in [1.54, 1.807) is 6.92 Å². The Morgan fingerprint density at radius 1 is 1.22 bits per heavy atom. The number of hydrogen-bond acceptors (Lipinski definition) is 6. The lowest BCUT2D eigenvalue weighted by atomic mass is 10.1. The van der Waals surface area contributed by atoms with Crippen LogP contribution in [0.2, 0.25) is 0 Å². The van der Waals surface area contributed by atoms with Crippen LogP contribution in [0.15, 0.2) is 12.1 Å². The highest BCUT2D eigenvalue weighted by atomic mass is 32.2. The summed E-state index contributed by atoms with van der Waals surface area (Å²) in [5.41, 5.74) is 0.642. The van der Waals surface area contributed by atoms with Crippen LogP contribution in [0.5, 0.6) is 5.75 Å². The SMILES string of the molecule is COCCN(CCOC)C(=O)c1cc(N[SH](=O)=O)cc(C)c1O. The van der Waals surface area contributed by atoms with E-state index < -0.39 is 16.8 Å². The van der Waals surface area contributed by atoms with E-state index in [4.69, 9.17) is 9.47 Å². The fourth-order valence-electron chi connectivity index (χ4n) is 2.00. The summed E-state index contributed by atoms with van der Waals surface area (Å²) in [6.07, 6.45) is 0. The van der Waals surface area contributed by atoms with Gasteiger partial charge in [0.25, 0.3) is 5.91 Å². The molecule has 0 spiro atoms. The molecule has 0 unspecified atom stereocenters. The summed E-state index contributed by atoms with van der Waals surface area (Å²) in [6.45, 7) is 2.90. The topological polar surface area (TPSA) is 105 Å². The van der Waals surface area contributed by atoms with Crippen LogP contribution in [0.25, 0.3) is 0 Å². The van der Waals surface area contributed by atoms with Crippen LogP contribution >= 0.6 is 0 Å². The van der Waals surface area contributed by atoms with Crippen molar-refractivity contribution in [2.75, 3.05) is 45.2 Å². The number of carbonyl (C=O) groups is 1. The fourth-order valence-corrected chi connectivity index (χ4v) is 2.34. The van der Waals surface area contributed by atoms with Gasteiger partial charge in [0.05, 0.1) is 18.8 Å². The summed E-state index contributed by atoms with van der Waals surface area (Å²) in [6, 6.07) is 2.76. The van der Waals surface area contributed by atoms with Crippen molar-refractivity contribution in [3.8, 4) is 5.75 Å². The molecule has 0 atom stereocenters. The zero-order chi connectivity index (χ0) is 17.4. The maximum absolute atomic E-state index is 12.6. The van der Waals surface area contributed by atoms with Crippen LogP contribution in [0, 0.1) is 6.92 Å². The van der Waals surface area contributed by atoms with Gasteiger partial charge in [0.15, 0.2) is 0 Å². The molecule has 9 heteroatoms. The molecule has 2 N–H and O–H groups in total. The summed E-state index contributed by atoms with van der Waals surface area (Å²) < 4.78 is 33.8. The van der Waals surface area contributed by atoms with Crippen LogP contribution in [0.1, 0.15) is 15.9 Å². The fraction of sp³-hybridized carbons (Fsp3) is 0.500. The van der Waals surface area contributed by atoms with Gasteiger partial charge in [-0.15, -0.1) is 0 Å². The van der Waals surface area contributed by atoms with E-state index in [1.165, 1.54) is 31.3 Å². The monoisotopic (exact) mass is 346 g/mol. The first-order valence-electron chi connectivity index (χ1n) is 6.92. The van der Waals surface area contributed by atoms with E-state index in [9.17, 15) is 18.3 Å². The number of anilines is 1. The quantitative estimate of drug-likeness (QED) is 0.441. The number of carbonyl (C=O) groups excluding carboxylic acids is 1. The van der Waals surface area contributed by atoms with Crippen LogP contribution in [0.3, 0.4) is 0 Å². The predicted octanol–water partition coefficient (Wildman–Crippen LogP) is 0.374. The molecule has 1 rings (SSSR count). The highest BCUT2D eigenvalue weighted by Crippen LogP contribution is 2.27. The molecular formula is C14H22N2O6S. The van der Waals surface area contributed by atoms with Crippen molar-refractivity contribution in [3.63, 3.8) is 0 Å². The molecule has 0 aromatic heterocycles. The predicted molar refractivity (Wildman–Crippen MR) is 86.4 cm³/mol. The third-order valence-electron chi connectivity index (χ3n) is 3.17. The third kappa shape index (κ3) is 5.70. The number of rotatable bonds is 9. The highest BCUT2D eigenvalue weighted by Gasteiger charge is 2.21. The lowest BCUT2D eigenvalue weighted by Gasteiger charge is -2.23. The van der Waals surface area contributed by atoms with E-state index >= 15 is 0 Å². The molecule has 0 fully saturated rings. The number of aryl methyl sites for hydroxylation is 1. The van der Waals surface area contributed by atoms with Crippen LogP contribution in [-0.4, -0.2) is 64.9 Å². The largest absolute Gasteiger partial charge is 0.507 e. The lowest BCUT2D eigenvalue weighted by molar-refractivity contribution is 0.0624. The molecule has 0 saturated heterocycles. The van der Waals surface area contributed by atoms with Gasteiger partial charge in [-0.1, -0.05) is 0 Å². The van der Waals surface area contributed by atoms with Crippen LogP contribution < -0.4 is 4.72 Å². The number of nitrogens with zero attached hydrogens (tertiary/aromatic N) is 1. The Hall–Kier alpha value is -1.84. The smallest absolute Gasteiger partial charge is 0.257 e. The Kier molecular flexibility index (Phi) is 7.79. The number of amides is 1. The second-order valence-corrected chi connectivity index (χ2v) is 5.57. The molecule has 1 aromatic carbocycles. The Morgan fingerprint density at radius 2 is 1.78 bits per heavy atom. The maximum atomic E-state index is 12.6. The summed E-state index contributed by atoms with van der Waals surface area (Å²) in [4.78, 5) is 14.1. The van der Waals surface area contributed by atoms with Crippen molar-refractivity contribution in [3.05, 3.63) is 23.3 Å².